The van der Waals surface area contributed by atoms with Crippen molar-refractivity contribution in [2.24, 2.45) is 5.92 Å². The second-order valence-electron chi connectivity index (χ2n) is 7.28. The fourth-order valence-corrected chi connectivity index (χ4v) is 2.58. The Balaban J connectivity index is 2.14. The Morgan fingerprint density at radius 3 is 2.42 bits per heavy atom. The van der Waals surface area contributed by atoms with Crippen LogP contribution >= 0.6 is 0 Å². The molecule has 2 amide bonds. The van der Waals surface area contributed by atoms with E-state index in [1.54, 1.807) is 20.8 Å². The zero-order valence-electron chi connectivity index (χ0n) is 15.1. The van der Waals surface area contributed by atoms with Gasteiger partial charge in [0.2, 0.25) is 0 Å². The number of nitrogens with one attached hydrogen (secondary N) is 2. The zero-order valence-corrected chi connectivity index (χ0v) is 15.1. The van der Waals surface area contributed by atoms with Gasteiger partial charge in [0.15, 0.2) is 6.61 Å². The number of carbonyl (C=O) groups excluding carboxylic acids is 3. The molecule has 0 spiro atoms. The summed E-state index contributed by atoms with van der Waals surface area (Å²) in [4.78, 5) is 34.8. The summed E-state index contributed by atoms with van der Waals surface area (Å²) in [5, 5.41) is 5.38. The fourth-order valence-electron chi connectivity index (χ4n) is 2.58. The first-order valence-corrected chi connectivity index (χ1v) is 8.59. The summed E-state index contributed by atoms with van der Waals surface area (Å²) in [5.41, 5.74) is -0.584. The molecule has 2 atom stereocenters. The second kappa shape index (κ2) is 9.49. The summed E-state index contributed by atoms with van der Waals surface area (Å²) in [7, 11) is 0. The van der Waals surface area contributed by atoms with E-state index in [9.17, 15) is 14.4 Å². The molecule has 0 radical (unpaired) electrons. The van der Waals surface area contributed by atoms with E-state index in [1.807, 2.05) is 0 Å². The van der Waals surface area contributed by atoms with Crippen molar-refractivity contribution >= 4 is 18.0 Å². The molecule has 0 aromatic carbocycles. The number of alkyl carbamates (subject to hydrolysis) is 1. The van der Waals surface area contributed by atoms with Crippen molar-refractivity contribution in [3.05, 3.63) is 0 Å². The van der Waals surface area contributed by atoms with Gasteiger partial charge in [-0.15, -0.1) is 0 Å². The molecule has 0 bridgehead atoms. The first kappa shape index (κ1) is 20.3. The first-order chi connectivity index (χ1) is 11.2. The average molecular weight is 342 g/mol. The summed E-state index contributed by atoms with van der Waals surface area (Å²) in [6.07, 6.45) is 3.81. The third kappa shape index (κ3) is 8.74. The van der Waals surface area contributed by atoms with Crippen LogP contribution in [0.1, 0.15) is 59.8 Å². The van der Waals surface area contributed by atoms with Gasteiger partial charge in [0, 0.05) is 12.6 Å². The molecule has 138 valence electrons. The van der Waals surface area contributed by atoms with Crippen LogP contribution in [-0.4, -0.2) is 42.8 Å². The lowest BCUT2D eigenvalue weighted by Gasteiger charge is -2.29. The molecule has 1 saturated carbocycles. The highest BCUT2D eigenvalue weighted by molar-refractivity contribution is 5.81. The summed E-state index contributed by atoms with van der Waals surface area (Å²) >= 11 is 0. The Labute approximate surface area is 143 Å². The molecule has 0 aromatic rings. The summed E-state index contributed by atoms with van der Waals surface area (Å²) in [6, 6.07) is 0.166. The Morgan fingerprint density at radius 1 is 1.12 bits per heavy atom. The van der Waals surface area contributed by atoms with Crippen molar-refractivity contribution in [3.8, 4) is 0 Å². The van der Waals surface area contributed by atoms with Crippen molar-refractivity contribution in [2.45, 2.75) is 71.4 Å². The molecule has 0 heterocycles. The average Bonchev–Trinajstić information content (AvgIpc) is 2.45. The van der Waals surface area contributed by atoms with Crippen LogP contribution < -0.4 is 10.6 Å². The van der Waals surface area contributed by atoms with Gasteiger partial charge >= 0.3 is 12.1 Å². The van der Waals surface area contributed by atoms with Crippen LogP contribution in [0.3, 0.4) is 0 Å². The molecule has 1 rings (SSSR count). The minimum Gasteiger partial charge on any atom is -0.456 e. The van der Waals surface area contributed by atoms with Crippen molar-refractivity contribution in [3.63, 3.8) is 0 Å². The quantitative estimate of drug-likeness (QED) is 0.721. The Kier molecular flexibility index (Phi) is 8.01. The van der Waals surface area contributed by atoms with Crippen LogP contribution in [0.15, 0.2) is 0 Å². The molecule has 0 saturated heterocycles. The van der Waals surface area contributed by atoms with Crippen molar-refractivity contribution in [2.75, 3.05) is 13.2 Å². The molecule has 0 aliphatic heterocycles. The third-order valence-electron chi connectivity index (χ3n) is 3.82. The maximum Gasteiger partial charge on any atom is 0.407 e. The molecule has 7 heteroatoms. The van der Waals surface area contributed by atoms with E-state index in [-0.39, 0.29) is 31.5 Å². The van der Waals surface area contributed by atoms with Gasteiger partial charge in [0.1, 0.15) is 5.60 Å². The van der Waals surface area contributed by atoms with Gasteiger partial charge < -0.3 is 20.1 Å². The molecule has 1 fully saturated rings. The first-order valence-electron chi connectivity index (χ1n) is 8.59. The minimum atomic E-state index is -0.584. The number of ether oxygens (including phenoxy) is 2. The molecule has 1 aliphatic carbocycles. The van der Waals surface area contributed by atoms with Crippen molar-refractivity contribution < 1.29 is 23.9 Å². The van der Waals surface area contributed by atoms with Crippen molar-refractivity contribution in [1.29, 1.82) is 0 Å². The molecular weight excluding hydrogens is 312 g/mol. The molecular formula is C17H30N2O5. The monoisotopic (exact) mass is 342 g/mol. The second-order valence-corrected chi connectivity index (χ2v) is 7.28. The third-order valence-corrected chi connectivity index (χ3v) is 3.82. The van der Waals surface area contributed by atoms with Gasteiger partial charge in [-0.3, -0.25) is 9.59 Å². The smallest absolute Gasteiger partial charge is 0.407 e. The Hall–Kier alpha value is -1.79. The van der Waals surface area contributed by atoms with E-state index in [2.05, 4.69) is 17.6 Å². The van der Waals surface area contributed by atoms with Gasteiger partial charge in [0.05, 0.1) is 6.42 Å². The van der Waals surface area contributed by atoms with E-state index < -0.39 is 17.7 Å². The summed E-state index contributed by atoms with van der Waals surface area (Å²) in [5.74, 6) is -0.350. The Morgan fingerprint density at radius 2 is 1.79 bits per heavy atom. The molecule has 24 heavy (non-hydrogen) atoms. The van der Waals surface area contributed by atoms with Gasteiger partial charge in [-0.25, -0.2) is 4.79 Å². The number of rotatable bonds is 6. The van der Waals surface area contributed by atoms with Crippen LogP contribution in [0.25, 0.3) is 0 Å². The van der Waals surface area contributed by atoms with E-state index >= 15 is 0 Å². The molecule has 7 nitrogen and oxygen atoms in total. The molecule has 0 aromatic heterocycles. The topological polar surface area (TPSA) is 93.7 Å². The predicted octanol–water partition coefficient (Wildman–Crippen LogP) is 2.14. The lowest BCUT2D eigenvalue weighted by molar-refractivity contribution is -0.148. The van der Waals surface area contributed by atoms with Gasteiger partial charge in [-0.05, 0) is 39.5 Å². The highest BCUT2D eigenvalue weighted by Gasteiger charge is 2.23. The number of carbonyl (C=O) groups is 3. The number of hydrogen-bond acceptors (Lipinski definition) is 5. The molecule has 2 N–H and O–H groups in total. The van der Waals surface area contributed by atoms with Crippen LogP contribution in [-0.2, 0) is 19.1 Å². The highest BCUT2D eigenvalue weighted by atomic mass is 16.6. The van der Waals surface area contributed by atoms with E-state index in [4.69, 9.17) is 9.47 Å². The summed E-state index contributed by atoms with van der Waals surface area (Å²) < 4.78 is 9.97. The minimum absolute atomic E-state index is 0.00759. The largest absolute Gasteiger partial charge is 0.456 e. The summed E-state index contributed by atoms with van der Waals surface area (Å²) in [6.45, 7) is 7.22. The van der Waals surface area contributed by atoms with Gasteiger partial charge in [-0.1, -0.05) is 19.8 Å². The van der Waals surface area contributed by atoms with E-state index in [0.717, 1.165) is 19.3 Å². The lowest BCUT2D eigenvalue weighted by atomic mass is 9.86. The maximum atomic E-state index is 11.8. The number of amides is 2. The molecule has 1 aliphatic rings. The number of esters is 1. The van der Waals surface area contributed by atoms with Crippen LogP contribution in [0.5, 0.6) is 0 Å². The van der Waals surface area contributed by atoms with Crippen LogP contribution in [0.4, 0.5) is 4.79 Å². The van der Waals surface area contributed by atoms with E-state index in [0.29, 0.717) is 5.92 Å². The van der Waals surface area contributed by atoms with Gasteiger partial charge in [-0.2, -0.15) is 0 Å². The fraction of sp³-hybridized carbons (Fsp3) is 0.824. The lowest BCUT2D eigenvalue weighted by Crippen LogP contribution is -2.43. The van der Waals surface area contributed by atoms with Gasteiger partial charge in [0.25, 0.3) is 5.91 Å². The normalized spacial score (nSPS) is 20.8. The SMILES string of the molecule is C[C@H]1CCCC[C@@H]1NC(=O)COC(=O)CCNC(=O)OC(C)(C)C. The van der Waals surface area contributed by atoms with E-state index in [1.165, 1.54) is 6.42 Å². The predicted molar refractivity (Wildman–Crippen MR) is 89.4 cm³/mol. The number of hydrogen-bond donors (Lipinski definition) is 2. The Bertz CT molecular complexity index is 445. The maximum absolute atomic E-state index is 11.8. The molecule has 0 unspecified atom stereocenters. The zero-order chi connectivity index (χ0) is 18.2. The standard InChI is InChI=1S/C17H30N2O5/c1-12-7-5-6-8-13(12)19-14(20)11-23-15(21)9-10-18-16(22)24-17(2,3)4/h12-13H,5-11H2,1-4H3,(H,18,22)(H,19,20)/t12-,13-/m0/s1. The highest BCUT2D eigenvalue weighted by Crippen LogP contribution is 2.23. The van der Waals surface area contributed by atoms with Crippen LogP contribution in [0.2, 0.25) is 0 Å². The van der Waals surface area contributed by atoms with Crippen molar-refractivity contribution in [1.82, 2.24) is 10.6 Å². The van der Waals surface area contributed by atoms with Crippen LogP contribution in [0, 0.1) is 5.92 Å².